The van der Waals surface area contributed by atoms with E-state index in [9.17, 15) is 19.7 Å². The molecule has 2 aromatic carbocycles. The number of carbonyl (C=O) groups excluding carboxylic acids is 2. The highest BCUT2D eigenvalue weighted by molar-refractivity contribution is 5.96. The van der Waals surface area contributed by atoms with E-state index < -0.39 is 10.8 Å². The molecule has 0 saturated carbocycles. The minimum absolute atomic E-state index is 0.0489. The fraction of sp³-hybridized carbons (Fsp3) is 0.176. The first-order valence-corrected chi connectivity index (χ1v) is 7.31. The Hall–Kier alpha value is -3.22. The third-order valence-corrected chi connectivity index (χ3v) is 3.40. The summed E-state index contributed by atoms with van der Waals surface area (Å²) in [5.74, 6) is -0.770. The van der Waals surface area contributed by atoms with Crippen molar-refractivity contribution in [3.8, 4) is 0 Å². The van der Waals surface area contributed by atoms with Crippen LogP contribution in [0.25, 0.3) is 0 Å². The Balaban J connectivity index is 1.85. The normalized spacial score (nSPS) is 10.0. The number of benzene rings is 2. The zero-order chi connectivity index (χ0) is 17.5. The number of rotatable bonds is 6. The molecule has 7 nitrogen and oxygen atoms in total. The summed E-state index contributed by atoms with van der Waals surface area (Å²) in [6.45, 7) is 1.77. The Morgan fingerprint density at radius 1 is 1.08 bits per heavy atom. The Kier molecular flexibility index (Phi) is 5.62. The highest BCUT2D eigenvalue weighted by Gasteiger charge is 2.14. The van der Waals surface area contributed by atoms with E-state index in [1.807, 2.05) is 30.3 Å². The zero-order valence-electron chi connectivity index (χ0n) is 13.1. The lowest BCUT2D eigenvalue weighted by Gasteiger charge is -2.07. The Morgan fingerprint density at radius 2 is 1.79 bits per heavy atom. The van der Waals surface area contributed by atoms with E-state index in [1.165, 1.54) is 18.2 Å². The summed E-state index contributed by atoms with van der Waals surface area (Å²) < 4.78 is 0. The van der Waals surface area contributed by atoms with Crippen LogP contribution in [-0.2, 0) is 11.3 Å². The van der Waals surface area contributed by atoms with Gasteiger partial charge in [0.1, 0.15) is 0 Å². The molecule has 0 heterocycles. The van der Waals surface area contributed by atoms with Gasteiger partial charge in [0.15, 0.2) is 0 Å². The number of carbonyl (C=O) groups is 2. The maximum absolute atomic E-state index is 12.0. The SMILES string of the molecule is Cc1cc(C(=O)NCC(=O)NCc2ccccc2)ccc1[N+](=O)[O-]. The second-order valence-corrected chi connectivity index (χ2v) is 5.20. The molecule has 0 aliphatic carbocycles. The molecule has 24 heavy (non-hydrogen) atoms. The summed E-state index contributed by atoms with van der Waals surface area (Å²) in [5.41, 5.74) is 1.57. The number of amides is 2. The molecular formula is C17H17N3O4. The molecule has 2 amide bonds. The van der Waals surface area contributed by atoms with Crippen LogP contribution in [0.1, 0.15) is 21.5 Å². The lowest BCUT2D eigenvalue weighted by molar-refractivity contribution is -0.385. The first-order chi connectivity index (χ1) is 11.5. The van der Waals surface area contributed by atoms with Gasteiger partial charge in [0.05, 0.1) is 11.5 Å². The number of aryl methyl sites for hydroxylation is 1. The molecule has 0 aromatic heterocycles. The molecule has 2 rings (SSSR count). The summed E-state index contributed by atoms with van der Waals surface area (Å²) in [6.07, 6.45) is 0. The standard InChI is InChI=1S/C17H17N3O4/c1-12-9-14(7-8-15(12)20(23)24)17(22)19-11-16(21)18-10-13-5-3-2-4-6-13/h2-9H,10-11H2,1H3,(H,18,21)(H,19,22). The van der Waals surface area contributed by atoms with Crippen LogP contribution in [0.15, 0.2) is 48.5 Å². The number of nitro groups is 1. The fourth-order valence-electron chi connectivity index (χ4n) is 2.12. The van der Waals surface area contributed by atoms with Crippen LogP contribution < -0.4 is 10.6 Å². The third kappa shape index (κ3) is 4.64. The average molecular weight is 327 g/mol. The number of nitro benzene ring substituents is 1. The van der Waals surface area contributed by atoms with Gasteiger partial charge in [-0.15, -0.1) is 0 Å². The zero-order valence-corrected chi connectivity index (χ0v) is 13.1. The van der Waals surface area contributed by atoms with E-state index in [-0.39, 0.29) is 23.7 Å². The van der Waals surface area contributed by atoms with Gasteiger partial charge in [0, 0.05) is 23.7 Å². The quantitative estimate of drug-likeness (QED) is 0.625. The van der Waals surface area contributed by atoms with Gasteiger partial charge in [0.25, 0.3) is 11.6 Å². The maximum Gasteiger partial charge on any atom is 0.272 e. The topological polar surface area (TPSA) is 101 Å². The lowest BCUT2D eigenvalue weighted by Crippen LogP contribution is -2.36. The van der Waals surface area contributed by atoms with E-state index in [2.05, 4.69) is 10.6 Å². The van der Waals surface area contributed by atoms with Crippen molar-refractivity contribution in [2.45, 2.75) is 13.5 Å². The van der Waals surface area contributed by atoms with Crippen LogP contribution in [0.5, 0.6) is 0 Å². The van der Waals surface area contributed by atoms with Crippen molar-refractivity contribution in [1.82, 2.24) is 10.6 Å². The van der Waals surface area contributed by atoms with Crippen molar-refractivity contribution in [2.75, 3.05) is 6.54 Å². The van der Waals surface area contributed by atoms with Crippen molar-refractivity contribution in [1.29, 1.82) is 0 Å². The molecule has 2 aromatic rings. The maximum atomic E-state index is 12.0. The van der Waals surface area contributed by atoms with Crippen LogP contribution in [0.4, 0.5) is 5.69 Å². The smallest absolute Gasteiger partial charge is 0.272 e. The first kappa shape index (κ1) is 17.1. The molecule has 124 valence electrons. The summed E-state index contributed by atoms with van der Waals surface area (Å²) >= 11 is 0. The molecule has 0 aliphatic heterocycles. The molecule has 0 unspecified atom stereocenters. The van der Waals surface area contributed by atoms with Gasteiger partial charge < -0.3 is 10.6 Å². The van der Waals surface area contributed by atoms with Crippen LogP contribution in [-0.4, -0.2) is 23.3 Å². The van der Waals surface area contributed by atoms with Gasteiger partial charge in [-0.25, -0.2) is 0 Å². The predicted molar refractivity (Wildman–Crippen MR) is 88.5 cm³/mol. The van der Waals surface area contributed by atoms with Crippen molar-refractivity contribution < 1.29 is 14.5 Å². The van der Waals surface area contributed by atoms with E-state index >= 15 is 0 Å². The van der Waals surface area contributed by atoms with Crippen molar-refractivity contribution in [2.24, 2.45) is 0 Å². The second-order valence-electron chi connectivity index (χ2n) is 5.20. The Labute approximate surface area is 138 Å². The van der Waals surface area contributed by atoms with Crippen LogP contribution >= 0.6 is 0 Å². The molecular weight excluding hydrogens is 310 g/mol. The fourth-order valence-corrected chi connectivity index (χ4v) is 2.12. The van der Waals surface area contributed by atoms with Crippen molar-refractivity contribution in [3.63, 3.8) is 0 Å². The van der Waals surface area contributed by atoms with Gasteiger partial charge in [-0.3, -0.25) is 19.7 Å². The summed E-state index contributed by atoms with van der Waals surface area (Å²) in [7, 11) is 0. The van der Waals surface area contributed by atoms with Gasteiger partial charge in [-0.1, -0.05) is 30.3 Å². The third-order valence-electron chi connectivity index (χ3n) is 3.40. The van der Waals surface area contributed by atoms with E-state index in [0.717, 1.165) is 5.56 Å². The summed E-state index contributed by atoms with van der Waals surface area (Å²) in [5, 5.41) is 15.9. The van der Waals surface area contributed by atoms with Gasteiger partial charge in [-0.2, -0.15) is 0 Å². The number of nitrogens with one attached hydrogen (secondary N) is 2. The predicted octanol–water partition coefficient (Wildman–Crippen LogP) is 1.95. The number of nitrogens with zero attached hydrogens (tertiary/aromatic N) is 1. The molecule has 7 heteroatoms. The monoisotopic (exact) mass is 327 g/mol. The van der Waals surface area contributed by atoms with Crippen molar-refractivity contribution in [3.05, 3.63) is 75.3 Å². The van der Waals surface area contributed by atoms with E-state index in [0.29, 0.717) is 12.1 Å². The molecule has 2 N–H and O–H groups in total. The molecule has 0 spiro atoms. The summed E-state index contributed by atoms with van der Waals surface area (Å²) in [6, 6.07) is 13.5. The molecule has 0 saturated heterocycles. The first-order valence-electron chi connectivity index (χ1n) is 7.31. The molecule has 0 aliphatic rings. The van der Waals surface area contributed by atoms with Crippen LogP contribution in [0.3, 0.4) is 0 Å². The van der Waals surface area contributed by atoms with Gasteiger partial charge >= 0.3 is 0 Å². The molecule has 0 radical (unpaired) electrons. The Bertz CT molecular complexity index is 760. The number of hydrogen-bond acceptors (Lipinski definition) is 4. The lowest BCUT2D eigenvalue weighted by atomic mass is 10.1. The summed E-state index contributed by atoms with van der Waals surface area (Å²) in [4.78, 5) is 34.0. The van der Waals surface area contributed by atoms with Gasteiger partial charge in [0.2, 0.25) is 5.91 Å². The molecule has 0 bridgehead atoms. The highest BCUT2D eigenvalue weighted by Crippen LogP contribution is 2.18. The van der Waals surface area contributed by atoms with Crippen molar-refractivity contribution >= 4 is 17.5 Å². The van der Waals surface area contributed by atoms with Crippen LogP contribution in [0, 0.1) is 17.0 Å². The molecule has 0 fully saturated rings. The molecule has 0 atom stereocenters. The van der Waals surface area contributed by atoms with Crippen LogP contribution in [0.2, 0.25) is 0 Å². The Morgan fingerprint density at radius 3 is 2.42 bits per heavy atom. The number of hydrogen-bond donors (Lipinski definition) is 2. The second kappa shape index (κ2) is 7.87. The largest absolute Gasteiger partial charge is 0.350 e. The highest BCUT2D eigenvalue weighted by atomic mass is 16.6. The van der Waals surface area contributed by atoms with E-state index in [1.54, 1.807) is 6.92 Å². The minimum Gasteiger partial charge on any atom is -0.350 e. The van der Waals surface area contributed by atoms with E-state index in [4.69, 9.17) is 0 Å². The minimum atomic E-state index is -0.506. The average Bonchev–Trinajstić information content (AvgIpc) is 2.58. The van der Waals surface area contributed by atoms with Gasteiger partial charge in [-0.05, 0) is 24.6 Å².